The van der Waals surface area contributed by atoms with Gasteiger partial charge in [-0.2, -0.15) is 0 Å². The average Bonchev–Trinajstić information content (AvgIpc) is 2.17. The molecular formula is C11H24N2O2S. The highest BCUT2D eigenvalue weighted by Gasteiger charge is 2.20. The van der Waals surface area contributed by atoms with Crippen LogP contribution in [0.2, 0.25) is 0 Å². The topological polar surface area (TPSA) is 72.2 Å². The summed E-state index contributed by atoms with van der Waals surface area (Å²) in [6.45, 7) is 2.35. The molecule has 0 spiro atoms. The van der Waals surface area contributed by atoms with Gasteiger partial charge in [0.25, 0.3) is 0 Å². The van der Waals surface area contributed by atoms with Crippen molar-refractivity contribution in [1.29, 1.82) is 0 Å². The summed E-state index contributed by atoms with van der Waals surface area (Å²) in [6, 6.07) is 0.0531. The molecule has 0 aromatic heterocycles. The number of nitrogens with two attached hydrogens (primary N) is 1. The van der Waals surface area contributed by atoms with E-state index < -0.39 is 10.0 Å². The zero-order valence-corrected chi connectivity index (χ0v) is 10.9. The molecule has 96 valence electrons. The zero-order chi connectivity index (χ0) is 12.0. The van der Waals surface area contributed by atoms with Gasteiger partial charge in [0.05, 0.1) is 5.75 Å². The highest BCUT2D eigenvalue weighted by Crippen LogP contribution is 2.24. The van der Waals surface area contributed by atoms with Crippen molar-refractivity contribution >= 4 is 10.0 Å². The monoisotopic (exact) mass is 248 g/mol. The zero-order valence-electron chi connectivity index (χ0n) is 10.1. The lowest BCUT2D eigenvalue weighted by atomic mass is 9.91. The molecule has 1 fully saturated rings. The van der Waals surface area contributed by atoms with E-state index in [-0.39, 0.29) is 6.04 Å². The van der Waals surface area contributed by atoms with Crippen LogP contribution in [0.25, 0.3) is 0 Å². The van der Waals surface area contributed by atoms with Crippen molar-refractivity contribution < 1.29 is 8.42 Å². The van der Waals surface area contributed by atoms with Gasteiger partial charge in [0.1, 0.15) is 0 Å². The van der Waals surface area contributed by atoms with Crippen molar-refractivity contribution in [2.45, 2.75) is 51.5 Å². The van der Waals surface area contributed by atoms with Gasteiger partial charge in [-0.3, -0.25) is 0 Å². The lowest BCUT2D eigenvalue weighted by Crippen LogP contribution is -2.33. The molecule has 0 radical (unpaired) electrons. The molecule has 1 unspecified atom stereocenters. The van der Waals surface area contributed by atoms with Gasteiger partial charge in [-0.1, -0.05) is 19.3 Å². The van der Waals surface area contributed by atoms with Crippen molar-refractivity contribution in [1.82, 2.24) is 4.72 Å². The number of hydrogen-bond donors (Lipinski definition) is 2. The van der Waals surface area contributed by atoms with Gasteiger partial charge in [-0.05, 0) is 32.1 Å². The first-order chi connectivity index (χ1) is 7.49. The maximum absolute atomic E-state index is 11.7. The van der Waals surface area contributed by atoms with Gasteiger partial charge in [-0.25, -0.2) is 13.1 Å². The summed E-state index contributed by atoms with van der Waals surface area (Å²) >= 11 is 0. The molecule has 1 aliphatic carbocycles. The third kappa shape index (κ3) is 5.82. The summed E-state index contributed by atoms with van der Waals surface area (Å²) in [5, 5.41) is 0. The highest BCUT2D eigenvalue weighted by molar-refractivity contribution is 7.89. The molecule has 1 rings (SSSR count). The summed E-state index contributed by atoms with van der Waals surface area (Å²) in [7, 11) is -3.08. The van der Waals surface area contributed by atoms with Crippen LogP contribution in [0.15, 0.2) is 0 Å². The van der Waals surface area contributed by atoms with Gasteiger partial charge in [-0.15, -0.1) is 0 Å². The minimum Gasteiger partial charge on any atom is -0.328 e. The van der Waals surface area contributed by atoms with Gasteiger partial charge in [0, 0.05) is 12.6 Å². The van der Waals surface area contributed by atoms with Crippen LogP contribution in [0.3, 0.4) is 0 Å². The van der Waals surface area contributed by atoms with Gasteiger partial charge in [0.2, 0.25) is 10.0 Å². The van der Waals surface area contributed by atoms with E-state index in [0.29, 0.717) is 24.6 Å². The van der Waals surface area contributed by atoms with Crippen LogP contribution in [0.4, 0.5) is 0 Å². The van der Waals surface area contributed by atoms with E-state index >= 15 is 0 Å². The Bertz CT molecular complexity index is 282. The molecule has 1 atom stereocenters. The molecule has 0 bridgehead atoms. The maximum atomic E-state index is 11.7. The van der Waals surface area contributed by atoms with Crippen LogP contribution in [0, 0.1) is 5.92 Å². The lowest BCUT2D eigenvalue weighted by molar-refractivity contribution is 0.384. The number of rotatable bonds is 6. The third-order valence-electron chi connectivity index (χ3n) is 3.10. The quantitative estimate of drug-likeness (QED) is 0.742. The predicted molar refractivity (Wildman–Crippen MR) is 66.6 cm³/mol. The van der Waals surface area contributed by atoms with Crippen LogP contribution >= 0.6 is 0 Å². The summed E-state index contributed by atoms with van der Waals surface area (Å²) in [6.07, 6.45) is 6.45. The molecule has 0 amide bonds. The van der Waals surface area contributed by atoms with E-state index in [4.69, 9.17) is 5.73 Å². The number of nitrogens with one attached hydrogen (secondary N) is 1. The first kappa shape index (κ1) is 13.9. The molecule has 5 heteroatoms. The van der Waals surface area contributed by atoms with Crippen molar-refractivity contribution in [2.75, 3.05) is 12.3 Å². The van der Waals surface area contributed by atoms with Crippen LogP contribution in [0.1, 0.15) is 45.4 Å². The Morgan fingerprint density at radius 1 is 1.31 bits per heavy atom. The van der Waals surface area contributed by atoms with Crippen molar-refractivity contribution in [2.24, 2.45) is 11.7 Å². The fraction of sp³-hybridized carbons (Fsp3) is 1.00. The Morgan fingerprint density at radius 2 is 1.94 bits per heavy atom. The van der Waals surface area contributed by atoms with E-state index in [9.17, 15) is 8.42 Å². The van der Waals surface area contributed by atoms with E-state index in [1.807, 2.05) is 6.92 Å². The second kappa shape index (κ2) is 6.57. The molecule has 0 aliphatic heterocycles. The van der Waals surface area contributed by atoms with Crippen LogP contribution in [-0.2, 0) is 10.0 Å². The summed E-state index contributed by atoms with van der Waals surface area (Å²) in [4.78, 5) is 0. The Hall–Kier alpha value is -0.130. The smallest absolute Gasteiger partial charge is 0.211 e. The van der Waals surface area contributed by atoms with E-state index in [2.05, 4.69) is 4.72 Å². The Morgan fingerprint density at radius 3 is 2.50 bits per heavy atom. The largest absolute Gasteiger partial charge is 0.328 e. The average molecular weight is 248 g/mol. The Balaban J connectivity index is 2.27. The molecule has 0 aromatic carbocycles. The molecule has 0 saturated heterocycles. The molecule has 0 aromatic rings. The predicted octanol–water partition coefficient (Wildman–Crippen LogP) is 1.22. The summed E-state index contributed by atoms with van der Waals surface area (Å²) in [5.41, 5.74) is 5.57. The van der Waals surface area contributed by atoms with Crippen molar-refractivity contribution in [3.8, 4) is 0 Å². The molecule has 4 nitrogen and oxygen atoms in total. The van der Waals surface area contributed by atoms with E-state index in [0.717, 1.165) is 12.8 Å². The van der Waals surface area contributed by atoms with Crippen molar-refractivity contribution in [3.63, 3.8) is 0 Å². The van der Waals surface area contributed by atoms with Gasteiger partial charge < -0.3 is 5.73 Å². The maximum Gasteiger partial charge on any atom is 0.211 e. The molecule has 1 aliphatic rings. The fourth-order valence-electron chi connectivity index (χ4n) is 2.17. The number of sulfonamides is 1. The highest BCUT2D eigenvalue weighted by atomic mass is 32.2. The summed E-state index contributed by atoms with van der Waals surface area (Å²) in [5.74, 6) is 0.660. The second-order valence-electron chi connectivity index (χ2n) is 4.95. The van der Waals surface area contributed by atoms with Gasteiger partial charge >= 0.3 is 0 Å². The van der Waals surface area contributed by atoms with Crippen LogP contribution < -0.4 is 10.5 Å². The van der Waals surface area contributed by atoms with Crippen LogP contribution in [-0.4, -0.2) is 26.8 Å². The fourth-order valence-corrected chi connectivity index (χ4v) is 3.67. The van der Waals surface area contributed by atoms with E-state index in [1.165, 1.54) is 19.3 Å². The molecule has 3 N–H and O–H groups in total. The van der Waals surface area contributed by atoms with E-state index in [1.54, 1.807) is 0 Å². The number of hydrogen-bond acceptors (Lipinski definition) is 3. The lowest BCUT2D eigenvalue weighted by Gasteiger charge is -2.21. The standard InChI is InChI=1S/C11H24N2O2S/c1-10(12)7-8-13-16(14,15)9-11-5-3-2-4-6-11/h10-11,13H,2-9,12H2,1H3. The third-order valence-corrected chi connectivity index (χ3v) is 4.66. The van der Waals surface area contributed by atoms with Crippen molar-refractivity contribution in [3.05, 3.63) is 0 Å². The van der Waals surface area contributed by atoms with Crippen LogP contribution in [0.5, 0.6) is 0 Å². The molecule has 16 heavy (non-hydrogen) atoms. The first-order valence-electron chi connectivity index (χ1n) is 6.22. The normalized spacial score (nSPS) is 20.9. The SMILES string of the molecule is CC(N)CCNS(=O)(=O)CC1CCCCC1. The van der Waals surface area contributed by atoms with Gasteiger partial charge in [0.15, 0.2) is 0 Å². The molecule has 1 saturated carbocycles. The Labute approximate surface area is 99.0 Å². The molecule has 0 heterocycles. The summed E-state index contributed by atoms with van der Waals surface area (Å²) < 4.78 is 26.1. The first-order valence-corrected chi connectivity index (χ1v) is 7.88. The molecular weight excluding hydrogens is 224 g/mol. The minimum absolute atomic E-state index is 0.0531. The minimum atomic E-state index is -3.08. The second-order valence-corrected chi connectivity index (χ2v) is 6.80. The Kier molecular flexibility index (Phi) is 5.72.